The molecule has 0 bridgehead atoms. The van der Waals surface area contributed by atoms with E-state index in [9.17, 15) is 19.7 Å². The minimum absolute atomic E-state index is 0.0931. The lowest BCUT2D eigenvalue weighted by molar-refractivity contribution is -0.384. The Morgan fingerprint density at radius 2 is 2.10 bits per heavy atom. The van der Waals surface area contributed by atoms with Crippen LogP contribution in [-0.2, 0) is 16.0 Å². The third-order valence-corrected chi connectivity index (χ3v) is 3.11. The Balaban J connectivity index is 2.85. The second kappa shape index (κ2) is 7.58. The lowest BCUT2D eigenvalue weighted by Gasteiger charge is -2.20. The number of benzene rings is 1. The molecule has 0 fully saturated rings. The molecule has 7 nitrogen and oxygen atoms in total. The van der Waals surface area contributed by atoms with Crippen LogP contribution in [0.15, 0.2) is 18.2 Å². The van der Waals surface area contributed by atoms with Gasteiger partial charge in [0.25, 0.3) is 5.69 Å². The number of carboxylic acids is 1. The van der Waals surface area contributed by atoms with Crippen molar-refractivity contribution in [2.45, 2.75) is 19.8 Å². The van der Waals surface area contributed by atoms with Crippen molar-refractivity contribution in [3.63, 3.8) is 0 Å². The number of hydrogen-bond donors (Lipinski definition) is 1. The summed E-state index contributed by atoms with van der Waals surface area (Å²) in [6.07, 6.45) is 0.539. The molecule has 114 valence electrons. The molecule has 1 rings (SSSR count). The topological polar surface area (TPSA) is 101 Å². The van der Waals surface area contributed by atoms with Gasteiger partial charge in [0.05, 0.1) is 16.4 Å². The molecule has 0 radical (unpaired) electrons. The molecule has 0 aliphatic rings. The molecule has 1 aromatic rings. The summed E-state index contributed by atoms with van der Waals surface area (Å²) < 4.78 is 0. The Hall–Kier alpha value is -2.15. The molecule has 0 aliphatic heterocycles. The Labute approximate surface area is 126 Å². The van der Waals surface area contributed by atoms with Gasteiger partial charge in [-0.15, -0.1) is 0 Å². The fraction of sp³-hybridized carbons (Fsp3) is 0.385. The lowest BCUT2D eigenvalue weighted by Crippen LogP contribution is -2.37. The van der Waals surface area contributed by atoms with Crippen molar-refractivity contribution < 1.29 is 19.6 Å². The van der Waals surface area contributed by atoms with Crippen molar-refractivity contribution in [2.75, 3.05) is 13.1 Å². The van der Waals surface area contributed by atoms with Crippen LogP contribution in [0.4, 0.5) is 5.69 Å². The molecule has 0 heterocycles. The number of carbonyl (C=O) groups is 2. The molecule has 0 atom stereocenters. The van der Waals surface area contributed by atoms with Crippen LogP contribution in [0.2, 0.25) is 5.02 Å². The van der Waals surface area contributed by atoms with E-state index in [0.29, 0.717) is 18.5 Å². The van der Waals surface area contributed by atoms with Crippen LogP contribution < -0.4 is 0 Å². The predicted molar refractivity (Wildman–Crippen MR) is 76.3 cm³/mol. The van der Waals surface area contributed by atoms with Crippen LogP contribution in [0.25, 0.3) is 0 Å². The van der Waals surface area contributed by atoms with Crippen molar-refractivity contribution in [1.29, 1.82) is 0 Å². The van der Waals surface area contributed by atoms with E-state index in [1.807, 2.05) is 6.92 Å². The highest BCUT2D eigenvalue weighted by atomic mass is 35.5. The van der Waals surface area contributed by atoms with Gasteiger partial charge in [0.15, 0.2) is 0 Å². The first-order valence-electron chi connectivity index (χ1n) is 6.27. The lowest BCUT2D eigenvalue weighted by atomic mass is 10.1. The third-order valence-electron chi connectivity index (χ3n) is 2.76. The van der Waals surface area contributed by atoms with Gasteiger partial charge in [0.1, 0.15) is 6.54 Å². The number of aliphatic carboxylic acids is 1. The van der Waals surface area contributed by atoms with Gasteiger partial charge in [0, 0.05) is 18.7 Å². The molecule has 8 heteroatoms. The Kier molecular flexibility index (Phi) is 6.10. The van der Waals surface area contributed by atoms with Crippen LogP contribution in [0.5, 0.6) is 0 Å². The second-order valence-corrected chi connectivity index (χ2v) is 4.83. The second-order valence-electron chi connectivity index (χ2n) is 4.42. The molecule has 1 aromatic carbocycles. The van der Waals surface area contributed by atoms with Crippen LogP contribution in [0.3, 0.4) is 0 Å². The van der Waals surface area contributed by atoms with Gasteiger partial charge in [-0.3, -0.25) is 19.7 Å². The quantitative estimate of drug-likeness (QED) is 0.613. The monoisotopic (exact) mass is 314 g/mol. The first kappa shape index (κ1) is 16.9. The molecule has 0 aliphatic carbocycles. The van der Waals surface area contributed by atoms with Gasteiger partial charge >= 0.3 is 5.97 Å². The number of rotatable bonds is 7. The fourth-order valence-corrected chi connectivity index (χ4v) is 2.03. The molecule has 0 saturated carbocycles. The Morgan fingerprint density at radius 3 is 2.57 bits per heavy atom. The number of halogens is 1. The molecular weight excluding hydrogens is 300 g/mol. The van der Waals surface area contributed by atoms with Gasteiger partial charge in [-0.2, -0.15) is 0 Å². The van der Waals surface area contributed by atoms with Crippen LogP contribution in [-0.4, -0.2) is 39.9 Å². The van der Waals surface area contributed by atoms with Crippen LogP contribution in [0.1, 0.15) is 18.9 Å². The molecule has 0 aromatic heterocycles. The number of hydrogen-bond acceptors (Lipinski definition) is 4. The fourth-order valence-electron chi connectivity index (χ4n) is 1.79. The maximum absolute atomic E-state index is 12.1. The SMILES string of the molecule is CCCN(CC(=O)O)C(=O)Cc1ccc([N+](=O)[O-])cc1Cl. The van der Waals surface area contributed by atoms with E-state index in [4.69, 9.17) is 16.7 Å². The van der Waals surface area contributed by atoms with E-state index in [1.54, 1.807) is 0 Å². The zero-order chi connectivity index (χ0) is 16.0. The van der Waals surface area contributed by atoms with Crippen molar-refractivity contribution in [2.24, 2.45) is 0 Å². The summed E-state index contributed by atoms with van der Waals surface area (Å²) in [5.74, 6) is -1.47. The number of carboxylic acid groups (broad SMARTS) is 1. The summed E-state index contributed by atoms with van der Waals surface area (Å²) in [4.78, 5) is 34.1. The summed E-state index contributed by atoms with van der Waals surface area (Å²) in [6.45, 7) is 1.79. The summed E-state index contributed by atoms with van der Waals surface area (Å²) in [5, 5.41) is 19.5. The summed E-state index contributed by atoms with van der Waals surface area (Å²) in [7, 11) is 0. The van der Waals surface area contributed by atoms with E-state index in [-0.39, 0.29) is 29.6 Å². The number of non-ortho nitro benzene ring substituents is 1. The van der Waals surface area contributed by atoms with E-state index >= 15 is 0 Å². The van der Waals surface area contributed by atoms with Crippen LogP contribution in [0, 0.1) is 10.1 Å². The van der Waals surface area contributed by atoms with E-state index in [2.05, 4.69) is 0 Å². The average Bonchev–Trinajstić information content (AvgIpc) is 2.39. The normalized spacial score (nSPS) is 10.2. The number of nitrogens with zero attached hydrogens (tertiary/aromatic N) is 2. The van der Waals surface area contributed by atoms with Gasteiger partial charge in [-0.1, -0.05) is 24.6 Å². The third kappa shape index (κ3) is 5.03. The minimum atomic E-state index is -1.09. The average molecular weight is 315 g/mol. The molecule has 1 amide bonds. The van der Waals surface area contributed by atoms with Crippen molar-refractivity contribution in [1.82, 2.24) is 4.90 Å². The number of carbonyl (C=O) groups excluding carboxylic acids is 1. The molecule has 21 heavy (non-hydrogen) atoms. The van der Waals surface area contributed by atoms with Gasteiger partial charge in [0.2, 0.25) is 5.91 Å². The van der Waals surface area contributed by atoms with Crippen molar-refractivity contribution in [3.05, 3.63) is 38.9 Å². The molecule has 0 spiro atoms. The Bertz CT molecular complexity index is 561. The zero-order valence-electron chi connectivity index (χ0n) is 11.4. The van der Waals surface area contributed by atoms with Crippen LogP contribution >= 0.6 is 11.6 Å². The maximum atomic E-state index is 12.1. The zero-order valence-corrected chi connectivity index (χ0v) is 12.2. The molecule has 0 saturated heterocycles. The number of amides is 1. The first-order valence-corrected chi connectivity index (χ1v) is 6.65. The van der Waals surface area contributed by atoms with Gasteiger partial charge in [-0.05, 0) is 12.0 Å². The maximum Gasteiger partial charge on any atom is 0.323 e. The summed E-state index contributed by atoms with van der Waals surface area (Å²) >= 11 is 5.91. The van der Waals surface area contributed by atoms with Gasteiger partial charge in [-0.25, -0.2) is 0 Å². The molecular formula is C13H15ClN2O5. The van der Waals surface area contributed by atoms with E-state index < -0.39 is 10.9 Å². The van der Waals surface area contributed by atoms with E-state index in [0.717, 1.165) is 0 Å². The molecule has 1 N–H and O–H groups in total. The minimum Gasteiger partial charge on any atom is -0.480 e. The predicted octanol–water partition coefficient (Wildman–Crippen LogP) is 2.11. The highest BCUT2D eigenvalue weighted by Gasteiger charge is 2.18. The summed E-state index contributed by atoms with van der Waals surface area (Å²) in [5.41, 5.74) is 0.269. The highest BCUT2D eigenvalue weighted by Crippen LogP contribution is 2.23. The number of nitro benzene ring substituents is 1. The van der Waals surface area contributed by atoms with Crippen molar-refractivity contribution >= 4 is 29.2 Å². The van der Waals surface area contributed by atoms with E-state index in [1.165, 1.54) is 23.1 Å². The Morgan fingerprint density at radius 1 is 1.43 bits per heavy atom. The standard InChI is InChI=1S/C13H15ClN2O5/c1-2-5-15(8-13(18)19)12(17)6-9-3-4-10(16(20)21)7-11(9)14/h3-4,7H,2,5-6,8H2,1H3,(H,18,19). The smallest absolute Gasteiger partial charge is 0.323 e. The molecule has 0 unspecified atom stereocenters. The summed E-state index contributed by atoms with van der Waals surface area (Å²) in [6, 6.07) is 3.84. The highest BCUT2D eigenvalue weighted by molar-refractivity contribution is 6.31. The van der Waals surface area contributed by atoms with Crippen molar-refractivity contribution in [3.8, 4) is 0 Å². The van der Waals surface area contributed by atoms with Gasteiger partial charge < -0.3 is 10.0 Å². The largest absolute Gasteiger partial charge is 0.480 e. The first-order chi connectivity index (χ1) is 9.85. The number of nitro groups is 1.